The number of likely N-dealkylation sites (tertiary alicyclic amines) is 2. The molecule has 0 atom stereocenters. The summed E-state index contributed by atoms with van der Waals surface area (Å²) in [5.74, 6) is 0. The van der Waals surface area contributed by atoms with Crippen LogP contribution in [0.2, 0.25) is 0 Å². The van der Waals surface area contributed by atoms with Crippen molar-refractivity contribution in [1.82, 2.24) is 29.4 Å². The lowest BCUT2D eigenvalue weighted by Crippen LogP contribution is -2.48. The summed E-state index contributed by atoms with van der Waals surface area (Å²) in [7, 11) is 3.39. The fraction of sp³-hybridized carbons (Fsp3) is 0.481. The normalized spacial score (nSPS) is 16.4. The molecule has 4 heterocycles. The van der Waals surface area contributed by atoms with Crippen LogP contribution in [0.25, 0.3) is 21.8 Å². The van der Waals surface area contributed by atoms with Gasteiger partial charge in [0.05, 0.1) is 54.8 Å². The number of fused-ring (bicyclic) bond motifs is 2. The van der Waals surface area contributed by atoms with Gasteiger partial charge in [-0.2, -0.15) is 36.5 Å². The Hall–Kier alpha value is -6.14. The molecule has 2 amide bonds. The number of nitrogens with zero attached hydrogens (tertiary/aromatic N) is 6. The van der Waals surface area contributed by atoms with Crippen molar-refractivity contribution in [2.75, 3.05) is 39.4 Å². The van der Waals surface area contributed by atoms with Crippen molar-refractivity contribution >= 4 is 34.0 Å². The summed E-state index contributed by atoms with van der Waals surface area (Å²) in [5, 5.41) is 9.33. The van der Waals surface area contributed by atoms with Gasteiger partial charge in [0.25, 0.3) is 0 Å². The molecule has 12 nitrogen and oxygen atoms in total. The number of carbonyl (C=O) groups is 2. The monoisotopic (exact) mass is 1010 g/mol. The second-order valence-electron chi connectivity index (χ2n) is 20.9. The van der Waals surface area contributed by atoms with Crippen LogP contribution in [0.1, 0.15) is 101 Å². The van der Waals surface area contributed by atoms with E-state index in [1.54, 1.807) is 34.8 Å². The fourth-order valence-corrected chi connectivity index (χ4v) is 9.51. The van der Waals surface area contributed by atoms with Crippen LogP contribution in [0.15, 0.2) is 97.3 Å². The number of aromatic nitrogens is 4. The molecule has 0 bridgehead atoms. The molecular formula is C54H64F6N6O6. The van der Waals surface area contributed by atoms with Crippen molar-refractivity contribution in [3.05, 3.63) is 131 Å². The van der Waals surface area contributed by atoms with Crippen molar-refractivity contribution in [2.45, 2.75) is 115 Å². The number of hydrogen-bond acceptors (Lipinski definition) is 8. The third-order valence-corrected chi connectivity index (χ3v) is 13.2. The molecule has 388 valence electrons. The summed E-state index contributed by atoms with van der Waals surface area (Å²) in [6.45, 7) is 13.7. The summed E-state index contributed by atoms with van der Waals surface area (Å²) in [5.41, 5.74) is 0.808. The Labute approximate surface area is 416 Å². The van der Waals surface area contributed by atoms with Gasteiger partial charge >= 0.3 is 24.5 Å². The van der Waals surface area contributed by atoms with Crippen LogP contribution in [0, 0.1) is 0 Å². The lowest BCUT2D eigenvalue weighted by molar-refractivity contribution is -0.138. The van der Waals surface area contributed by atoms with Crippen molar-refractivity contribution < 1.29 is 54.9 Å². The molecule has 0 saturated carbocycles. The lowest BCUT2D eigenvalue weighted by Gasteiger charge is -2.42. The first kappa shape index (κ1) is 53.7. The van der Waals surface area contributed by atoms with Crippen LogP contribution in [-0.4, -0.2) is 92.1 Å². The van der Waals surface area contributed by atoms with Gasteiger partial charge in [0.2, 0.25) is 0 Å². The van der Waals surface area contributed by atoms with Gasteiger partial charge in [0, 0.05) is 79.2 Å². The third-order valence-electron chi connectivity index (χ3n) is 13.2. The smallest absolute Gasteiger partial charge is 0.416 e. The van der Waals surface area contributed by atoms with Gasteiger partial charge in [-0.3, -0.25) is 9.36 Å². The van der Waals surface area contributed by atoms with Gasteiger partial charge in [-0.1, -0.05) is 60.7 Å². The summed E-state index contributed by atoms with van der Waals surface area (Å²) < 4.78 is 107. The van der Waals surface area contributed by atoms with Gasteiger partial charge in [0.1, 0.15) is 11.2 Å². The van der Waals surface area contributed by atoms with Crippen molar-refractivity contribution in [3.8, 4) is 0 Å². The number of carbonyl (C=O) groups excluding carboxylic acids is 2. The summed E-state index contributed by atoms with van der Waals surface area (Å²) >= 11 is 0. The van der Waals surface area contributed by atoms with Gasteiger partial charge in [-0.25, -0.2) is 9.59 Å². The fourth-order valence-electron chi connectivity index (χ4n) is 9.51. The molecule has 0 N–H and O–H groups in total. The highest BCUT2D eigenvalue weighted by Gasteiger charge is 2.41. The van der Waals surface area contributed by atoms with E-state index in [4.69, 9.17) is 18.9 Å². The van der Waals surface area contributed by atoms with Crippen molar-refractivity contribution in [2.24, 2.45) is 14.1 Å². The molecule has 4 aromatic carbocycles. The third kappa shape index (κ3) is 13.1. The second kappa shape index (κ2) is 21.1. The molecule has 2 aliphatic heterocycles. The largest absolute Gasteiger partial charge is 0.444 e. The van der Waals surface area contributed by atoms with Crippen LogP contribution in [0.3, 0.4) is 0 Å². The maximum atomic E-state index is 13.5. The minimum atomic E-state index is -4.46. The first-order valence-electron chi connectivity index (χ1n) is 24.0. The van der Waals surface area contributed by atoms with Crippen LogP contribution < -0.4 is 0 Å². The highest BCUT2D eigenvalue weighted by molar-refractivity contribution is 5.83. The maximum absolute atomic E-state index is 13.5. The average molecular weight is 1010 g/mol. The summed E-state index contributed by atoms with van der Waals surface area (Å²) in [6.07, 6.45) is -3.98. The molecule has 0 spiro atoms. The molecule has 6 aromatic rings. The molecule has 2 fully saturated rings. The first-order valence-corrected chi connectivity index (χ1v) is 24.0. The number of rotatable bonds is 10. The molecule has 18 heteroatoms. The van der Waals surface area contributed by atoms with E-state index in [1.165, 1.54) is 10.9 Å². The minimum absolute atomic E-state index is 0.00178. The molecule has 72 heavy (non-hydrogen) atoms. The van der Waals surface area contributed by atoms with Crippen LogP contribution in [0.4, 0.5) is 35.9 Å². The molecule has 0 unspecified atom stereocenters. The van der Waals surface area contributed by atoms with Gasteiger partial charge < -0.3 is 28.7 Å². The Morgan fingerprint density at radius 2 is 1.01 bits per heavy atom. The predicted molar refractivity (Wildman–Crippen MR) is 261 cm³/mol. The molecular weight excluding hydrogens is 943 g/mol. The quantitative estimate of drug-likeness (QED) is 0.125. The Balaban J connectivity index is 0.000000211. The zero-order chi connectivity index (χ0) is 52.3. The SMILES string of the molecule is Cn1cc2cc(C(F)(F)F)cc(COCC3(c4ccccc4)CCN(C(=O)OC(C)(C)C)CC3)c2n1.Cn1ncc2cc(C(F)(F)F)cc(COCC3(c4ccccc4)CCN(C(=O)OC(C)(C)C)CC3)c21. The average Bonchev–Trinajstić information content (AvgIpc) is 3.89. The van der Waals surface area contributed by atoms with E-state index < -0.39 is 34.7 Å². The van der Waals surface area contributed by atoms with E-state index in [0.29, 0.717) is 98.0 Å². The number of aryl methyl sites for hydroxylation is 2. The minimum Gasteiger partial charge on any atom is -0.444 e. The predicted octanol–water partition coefficient (Wildman–Crippen LogP) is 12.2. The Kier molecular flexibility index (Phi) is 15.8. The zero-order valence-corrected chi connectivity index (χ0v) is 42.1. The second-order valence-corrected chi connectivity index (χ2v) is 20.9. The Morgan fingerprint density at radius 1 is 0.597 bits per heavy atom. The zero-order valence-electron chi connectivity index (χ0n) is 42.1. The maximum Gasteiger partial charge on any atom is 0.416 e. The van der Waals surface area contributed by atoms with E-state index >= 15 is 0 Å². The Bertz CT molecular complexity index is 2780. The number of alkyl halides is 6. The van der Waals surface area contributed by atoms with Gasteiger partial charge in [-0.05, 0) is 103 Å². The van der Waals surface area contributed by atoms with E-state index in [-0.39, 0.29) is 36.2 Å². The molecule has 0 aliphatic carbocycles. The van der Waals surface area contributed by atoms with Gasteiger partial charge in [0.15, 0.2) is 0 Å². The molecule has 2 aromatic heterocycles. The van der Waals surface area contributed by atoms with Crippen molar-refractivity contribution in [1.29, 1.82) is 0 Å². The molecule has 2 aliphatic rings. The van der Waals surface area contributed by atoms with Crippen LogP contribution in [0.5, 0.6) is 0 Å². The van der Waals surface area contributed by atoms with E-state index in [2.05, 4.69) is 10.2 Å². The van der Waals surface area contributed by atoms with Crippen LogP contribution in [-0.2, 0) is 69.4 Å². The number of halogens is 6. The van der Waals surface area contributed by atoms with Crippen LogP contribution >= 0.6 is 0 Å². The van der Waals surface area contributed by atoms with Gasteiger partial charge in [-0.15, -0.1) is 0 Å². The number of ether oxygens (including phenoxy) is 4. The van der Waals surface area contributed by atoms with E-state index in [0.717, 1.165) is 35.4 Å². The van der Waals surface area contributed by atoms with Crippen molar-refractivity contribution in [3.63, 3.8) is 0 Å². The number of hydrogen-bond donors (Lipinski definition) is 0. The topological polar surface area (TPSA) is 113 Å². The standard InChI is InChI=1S/2C27H32F3N3O3/c1-25(2,3)36-24(34)33-12-10-26(11-13-33,21-8-6-5-7-9-21)18-35-17-20-15-22(27(28,29)30)14-19-16-32(4)31-23(19)20;1-25(2,3)36-24(34)33-12-10-26(11-13-33,21-8-6-5-7-9-21)18-35-17-20-15-22(27(28,29)30)14-19-16-31-32(4)23(19)20/h2*5-9,14-16H,10-13,17-18H2,1-4H3. The summed E-state index contributed by atoms with van der Waals surface area (Å²) in [4.78, 5) is 28.6. The highest BCUT2D eigenvalue weighted by Crippen LogP contribution is 2.40. The van der Waals surface area contributed by atoms with E-state index in [1.807, 2.05) is 102 Å². The molecule has 0 radical (unpaired) electrons. The molecule has 2 saturated heterocycles. The Morgan fingerprint density at radius 3 is 1.44 bits per heavy atom. The van der Waals surface area contributed by atoms with E-state index in [9.17, 15) is 35.9 Å². The first-order chi connectivity index (χ1) is 33.7. The highest BCUT2D eigenvalue weighted by atomic mass is 19.4. The number of benzene rings is 4. The number of piperidine rings is 2. The lowest BCUT2D eigenvalue weighted by atomic mass is 9.73. The molecule has 8 rings (SSSR count). The summed E-state index contributed by atoms with van der Waals surface area (Å²) in [6, 6.07) is 24.4. The number of amides is 2.